The fraction of sp³-hybridized carbons (Fsp3) is 0.391. The van der Waals surface area contributed by atoms with E-state index >= 15 is 0 Å². The smallest absolute Gasteiger partial charge is 0.254 e. The van der Waals surface area contributed by atoms with Crippen molar-refractivity contribution in [2.45, 2.75) is 52.6 Å². The zero-order valence-corrected chi connectivity index (χ0v) is 19.6. The van der Waals surface area contributed by atoms with Gasteiger partial charge in [-0.3, -0.25) is 4.79 Å². The van der Waals surface area contributed by atoms with Crippen molar-refractivity contribution in [3.8, 4) is 0 Å². The number of imidazole rings is 1. The van der Waals surface area contributed by atoms with Gasteiger partial charge in [-0.1, -0.05) is 38.3 Å². The molecule has 0 spiro atoms. The zero-order chi connectivity index (χ0) is 21.7. The molecule has 0 unspecified atom stereocenters. The highest BCUT2D eigenvalue weighted by molar-refractivity contribution is 9.10. The summed E-state index contributed by atoms with van der Waals surface area (Å²) in [6.07, 6.45) is 3.96. The predicted molar refractivity (Wildman–Crippen MR) is 123 cm³/mol. The van der Waals surface area contributed by atoms with Crippen LogP contribution < -0.4 is 0 Å². The van der Waals surface area contributed by atoms with Crippen LogP contribution in [0.5, 0.6) is 0 Å². The van der Waals surface area contributed by atoms with Crippen LogP contribution in [-0.4, -0.2) is 26.9 Å². The van der Waals surface area contributed by atoms with Crippen LogP contribution in [-0.2, 0) is 13.1 Å². The third kappa shape index (κ3) is 5.22. The van der Waals surface area contributed by atoms with Crippen LogP contribution in [0, 0.1) is 5.82 Å². The minimum Gasteiger partial charge on any atom is -0.331 e. The second-order valence-electron chi connectivity index (χ2n) is 7.38. The molecule has 160 valence electrons. The summed E-state index contributed by atoms with van der Waals surface area (Å²) in [5, 5.41) is 0.665. The van der Waals surface area contributed by atoms with Gasteiger partial charge in [0, 0.05) is 23.7 Å². The van der Waals surface area contributed by atoms with Crippen LogP contribution in [0.15, 0.2) is 40.9 Å². The van der Waals surface area contributed by atoms with Crippen LogP contribution in [0.3, 0.4) is 0 Å². The molecule has 1 heterocycles. The van der Waals surface area contributed by atoms with Gasteiger partial charge >= 0.3 is 0 Å². The fourth-order valence-corrected chi connectivity index (χ4v) is 4.07. The van der Waals surface area contributed by atoms with Gasteiger partial charge in [0.15, 0.2) is 0 Å². The average Bonchev–Trinajstić information content (AvgIpc) is 3.05. The largest absolute Gasteiger partial charge is 0.331 e. The van der Waals surface area contributed by atoms with Crippen molar-refractivity contribution in [3.05, 3.63) is 63.1 Å². The van der Waals surface area contributed by atoms with Crippen LogP contribution >= 0.6 is 27.5 Å². The molecule has 0 aliphatic carbocycles. The van der Waals surface area contributed by atoms with E-state index in [0.717, 1.165) is 49.1 Å². The first-order chi connectivity index (χ1) is 14.4. The van der Waals surface area contributed by atoms with Gasteiger partial charge in [-0.25, -0.2) is 9.37 Å². The molecule has 0 aliphatic rings. The number of carbonyl (C=O) groups excluding carboxylic acids is 1. The molecule has 1 aromatic heterocycles. The van der Waals surface area contributed by atoms with Crippen molar-refractivity contribution in [1.82, 2.24) is 14.5 Å². The molecule has 0 saturated carbocycles. The number of halogens is 3. The molecular weight excluding hydrogens is 469 g/mol. The molecule has 0 aliphatic heterocycles. The molecule has 1 amide bonds. The molecule has 0 fully saturated rings. The molecule has 30 heavy (non-hydrogen) atoms. The molecule has 0 bridgehead atoms. The predicted octanol–water partition coefficient (Wildman–Crippen LogP) is 6.83. The Morgan fingerprint density at radius 1 is 1.17 bits per heavy atom. The maximum Gasteiger partial charge on any atom is 0.254 e. The number of aromatic nitrogens is 2. The van der Waals surface area contributed by atoms with Gasteiger partial charge in [0.2, 0.25) is 0 Å². The number of hydrogen-bond acceptors (Lipinski definition) is 2. The van der Waals surface area contributed by atoms with E-state index in [4.69, 9.17) is 16.6 Å². The van der Waals surface area contributed by atoms with Gasteiger partial charge in [0.25, 0.3) is 5.91 Å². The van der Waals surface area contributed by atoms with Crippen LogP contribution in [0.1, 0.15) is 55.7 Å². The first kappa shape index (κ1) is 22.8. The van der Waals surface area contributed by atoms with E-state index in [2.05, 4.69) is 34.3 Å². The number of nitrogens with zero attached hydrogens (tertiary/aromatic N) is 3. The fourth-order valence-electron chi connectivity index (χ4n) is 3.53. The van der Waals surface area contributed by atoms with Crippen LogP contribution in [0.2, 0.25) is 5.02 Å². The second-order valence-corrected chi connectivity index (χ2v) is 8.67. The zero-order valence-electron chi connectivity index (χ0n) is 17.3. The summed E-state index contributed by atoms with van der Waals surface area (Å²) in [6, 6.07) is 10.0. The first-order valence-electron chi connectivity index (χ1n) is 10.3. The molecule has 7 heteroatoms. The van der Waals surface area contributed by atoms with Gasteiger partial charge in [0.05, 0.1) is 22.1 Å². The highest BCUT2D eigenvalue weighted by Crippen LogP contribution is 2.24. The molecule has 0 atom stereocenters. The Morgan fingerprint density at radius 3 is 2.67 bits per heavy atom. The van der Waals surface area contributed by atoms with Crippen molar-refractivity contribution in [1.29, 1.82) is 0 Å². The molecular formula is C23H26BrClFN3O. The maximum atomic E-state index is 13.7. The third-order valence-corrected chi connectivity index (χ3v) is 5.90. The summed E-state index contributed by atoms with van der Waals surface area (Å²) >= 11 is 9.39. The normalized spacial score (nSPS) is 11.2. The number of fused-ring (bicyclic) bond motifs is 1. The van der Waals surface area contributed by atoms with E-state index < -0.39 is 0 Å². The lowest BCUT2D eigenvalue weighted by Crippen LogP contribution is -2.32. The quantitative estimate of drug-likeness (QED) is 0.306. The van der Waals surface area contributed by atoms with Crippen molar-refractivity contribution in [2.75, 3.05) is 6.54 Å². The number of unbranched alkanes of at least 4 members (excludes halogenated alkanes) is 2. The monoisotopic (exact) mass is 493 g/mol. The van der Waals surface area contributed by atoms with Gasteiger partial charge in [-0.05, 0) is 65.2 Å². The molecule has 2 aromatic carbocycles. The number of hydrogen-bond donors (Lipinski definition) is 0. The van der Waals surface area contributed by atoms with E-state index in [0.29, 0.717) is 23.7 Å². The molecule has 3 aromatic rings. The van der Waals surface area contributed by atoms with Crippen molar-refractivity contribution >= 4 is 44.5 Å². The Hall–Kier alpha value is -1.92. The third-order valence-electron chi connectivity index (χ3n) is 5.05. The lowest BCUT2D eigenvalue weighted by atomic mass is 10.1. The van der Waals surface area contributed by atoms with Gasteiger partial charge in [-0.15, -0.1) is 0 Å². The summed E-state index contributed by atoms with van der Waals surface area (Å²) < 4.78 is 16.1. The van der Waals surface area contributed by atoms with E-state index in [1.807, 2.05) is 23.1 Å². The lowest BCUT2D eigenvalue weighted by Gasteiger charge is -2.23. The van der Waals surface area contributed by atoms with E-state index in [1.54, 1.807) is 6.07 Å². The number of benzene rings is 2. The Labute approximate surface area is 190 Å². The molecule has 4 nitrogen and oxygen atoms in total. The van der Waals surface area contributed by atoms with Crippen molar-refractivity contribution in [3.63, 3.8) is 0 Å². The maximum absolute atomic E-state index is 13.7. The Kier molecular flexibility index (Phi) is 7.89. The summed E-state index contributed by atoms with van der Waals surface area (Å²) in [5.41, 5.74) is 2.30. The summed E-state index contributed by atoms with van der Waals surface area (Å²) in [6.45, 7) is 6.06. The van der Waals surface area contributed by atoms with Crippen molar-refractivity contribution < 1.29 is 9.18 Å². The number of carbonyl (C=O) groups is 1. The summed E-state index contributed by atoms with van der Waals surface area (Å²) in [7, 11) is 0. The van der Waals surface area contributed by atoms with Crippen molar-refractivity contribution in [2.24, 2.45) is 0 Å². The number of amides is 1. The molecule has 0 saturated heterocycles. The first-order valence-corrected chi connectivity index (χ1v) is 11.5. The minimum absolute atomic E-state index is 0.125. The highest BCUT2D eigenvalue weighted by Gasteiger charge is 2.20. The minimum atomic E-state index is -0.384. The van der Waals surface area contributed by atoms with E-state index in [-0.39, 0.29) is 16.2 Å². The number of rotatable bonds is 9. The standard InChI is InChI=1S/C23H26BrClFN3O/c1-3-5-6-12-28(23(30)16-7-9-19(26)18(24)13-16)15-22-27-20-10-8-17(25)14-21(20)29(22)11-4-2/h7-10,13-14H,3-6,11-12,15H2,1-2H3. The van der Waals surface area contributed by atoms with E-state index in [9.17, 15) is 9.18 Å². The molecule has 0 radical (unpaired) electrons. The second kappa shape index (κ2) is 10.4. The topological polar surface area (TPSA) is 38.1 Å². The summed E-state index contributed by atoms with van der Waals surface area (Å²) in [4.78, 5) is 19.9. The SMILES string of the molecule is CCCCCN(Cc1nc2ccc(Cl)cc2n1CCC)C(=O)c1ccc(F)c(Br)c1. The van der Waals surface area contributed by atoms with Gasteiger partial charge in [0.1, 0.15) is 11.6 Å². The van der Waals surface area contributed by atoms with Gasteiger partial charge in [-0.2, -0.15) is 0 Å². The average molecular weight is 495 g/mol. The Balaban J connectivity index is 1.95. The van der Waals surface area contributed by atoms with E-state index in [1.165, 1.54) is 12.1 Å². The van der Waals surface area contributed by atoms with Crippen LogP contribution in [0.4, 0.5) is 4.39 Å². The number of aryl methyl sites for hydroxylation is 1. The lowest BCUT2D eigenvalue weighted by molar-refractivity contribution is 0.0734. The van der Waals surface area contributed by atoms with Crippen LogP contribution in [0.25, 0.3) is 11.0 Å². The summed E-state index contributed by atoms with van der Waals surface area (Å²) in [5.74, 6) is 0.325. The Morgan fingerprint density at radius 2 is 1.97 bits per heavy atom. The highest BCUT2D eigenvalue weighted by atomic mass is 79.9. The molecule has 0 N–H and O–H groups in total. The Bertz CT molecular complexity index is 1040. The van der Waals surface area contributed by atoms with Gasteiger partial charge < -0.3 is 9.47 Å². The molecule has 3 rings (SSSR count).